The Morgan fingerprint density at radius 2 is 2.00 bits per heavy atom. The van der Waals surface area contributed by atoms with Crippen molar-refractivity contribution in [2.75, 3.05) is 6.26 Å². The molecule has 8 heteroatoms. The molecule has 0 unspecified atom stereocenters. The molecular formula is C19H15Cl2N3O2S. The fourth-order valence-corrected chi connectivity index (χ4v) is 3.24. The van der Waals surface area contributed by atoms with Gasteiger partial charge in [0.15, 0.2) is 0 Å². The van der Waals surface area contributed by atoms with Crippen LogP contribution in [0.15, 0.2) is 71.2 Å². The SMILES string of the molecule is CSc1ccc(C(=O)O/N=C(\Cn2ccnc2)c2ccc(Cl)cc2Cl)cc1. The number of thioether (sulfide) groups is 1. The zero-order valence-corrected chi connectivity index (χ0v) is 16.6. The van der Waals surface area contributed by atoms with E-state index < -0.39 is 5.97 Å². The van der Waals surface area contributed by atoms with Gasteiger partial charge in [0.05, 0.1) is 23.5 Å². The van der Waals surface area contributed by atoms with Gasteiger partial charge in [-0.3, -0.25) is 0 Å². The van der Waals surface area contributed by atoms with Crippen LogP contribution in [0.25, 0.3) is 0 Å². The summed E-state index contributed by atoms with van der Waals surface area (Å²) in [6.07, 6.45) is 7.04. The Labute approximate surface area is 170 Å². The van der Waals surface area contributed by atoms with Gasteiger partial charge in [0.25, 0.3) is 0 Å². The summed E-state index contributed by atoms with van der Waals surface area (Å²) in [6, 6.07) is 12.2. The van der Waals surface area contributed by atoms with Crippen molar-refractivity contribution in [3.8, 4) is 0 Å². The number of rotatable bonds is 6. The minimum atomic E-state index is -0.545. The molecule has 0 fully saturated rings. The second-order valence-electron chi connectivity index (χ2n) is 5.50. The third-order valence-electron chi connectivity index (χ3n) is 3.70. The number of carbonyl (C=O) groups excluding carboxylic acids is 1. The Balaban J connectivity index is 1.85. The maximum atomic E-state index is 12.3. The smallest absolute Gasteiger partial charge is 0.331 e. The van der Waals surface area contributed by atoms with Gasteiger partial charge in [0, 0.05) is 27.9 Å². The highest BCUT2D eigenvalue weighted by molar-refractivity contribution is 7.98. The van der Waals surface area contributed by atoms with E-state index >= 15 is 0 Å². The topological polar surface area (TPSA) is 56.5 Å². The molecule has 0 aliphatic heterocycles. The Hall–Kier alpha value is -2.28. The summed E-state index contributed by atoms with van der Waals surface area (Å²) in [5, 5.41) is 4.99. The van der Waals surface area contributed by atoms with E-state index in [1.807, 2.05) is 18.4 Å². The first-order valence-corrected chi connectivity index (χ1v) is 9.88. The number of imidazole rings is 1. The summed E-state index contributed by atoms with van der Waals surface area (Å²) in [5.41, 5.74) is 1.52. The highest BCUT2D eigenvalue weighted by atomic mass is 35.5. The lowest BCUT2D eigenvalue weighted by molar-refractivity contribution is 0.0515. The summed E-state index contributed by atoms with van der Waals surface area (Å²) in [5.74, 6) is -0.545. The van der Waals surface area contributed by atoms with Gasteiger partial charge in [0.1, 0.15) is 5.71 Å². The maximum Gasteiger partial charge on any atom is 0.365 e. The number of aromatic nitrogens is 2. The van der Waals surface area contributed by atoms with Gasteiger partial charge in [-0.05, 0) is 48.7 Å². The van der Waals surface area contributed by atoms with Crippen molar-refractivity contribution in [3.63, 3.8) is 0 Å². The lowest BCUT2D eigenvalue weighted by Gasteiger charge is -2.09. The molecule has 2 aromatic carbocycles. The summed E-state index contributed by atoms with van der Waals surface area (Å²) in [6.45, 7) is 0.333. The quantitative estimate of drug-likeness (QED) is 0.239. The first kappa shape index (κ1) is 19.5. The fourth-order valence-electron chi connectivity index (χ4n) is 2.32. The van der Waals surface area contributed by atoms with E-state index in [0.29, 0.717) is 33.4 Å². The van der Waals surface area contributed by atoms with Crippen molar-refractivity contribution in [3.05, 3.63) is 82.4 Å². The first-order valence-electron chi connectivity index (χ1n) is 7.90. The molecule has 0 saturated carbocycles. The number of carbonyl (C=O) groups is 1. The summed E-state index contributed by atoms with van der Waals surface area (Å²) in [4.78, 5) is 22.5. The van der Waals surface area contributed by atoms with E-state index in [1.165, 1.54) is 0 Å². The maximum absolute atomic E-state index is 12.3. The van der Waals surface area contributed by atoms with E-state index in [0.717, 1.165) is 4.90 Å². The molecular weight excluding hydrogens is 405 g/mol. The Morgan fingerprint density at radius 3 is 2.63 bits per heavy atom. The van der Waals surface area contributed by atoms with Crippen molar-refractivity contribution < 1.29 is 9.63 Å². The van der Waals surface area contributed by atoms with Gasteiger partial charge >= 0.3 is 5.97 Å². The molecule has 0 aliphatic carbocycles. The van der Waals surface area contributed by atoms with Crippen molar-refractivity contribution in [1.29, 1.82) is 0 Å². The fraction of sp³-hybridized carbons (Fsp3) is 0.105. The van der Waals surface area contributed by atoms with Crippen LogP contribution < -0.4 is 0 Å². The summed E-state index contributed by atoms with van der Waals surface area (Å²) >= 11 is 13.9. The van der Waals surface area contributed by atoms with Gasteiger partial charge < -0.3 is 9.40 Å². The third-order valence-corrected chi connectivity index (χ3v) is 4.99. The molecule has 1 aromatic heterocycles. The monoisotopic (exact) mass is 419 g/mol. The standard InChI is InChI=1S/C19H15Cl2N3O2S/c1-27-15-5-2-13(3-6-15)19(25)26-23-18(11-24-9-8-22-12-24)16-7-4-14(20)10-17(16)21/h2-10,12H,11H2,1H3/b23-18+. The third kappa shape index (κ3) is 5.13. The van der Waals surface area contributed by atoms with Crippen LogP contribution in [0.4, 0.5) is 0 Å². The predicted octanol–water partition coefficient (Wildman–Crippen LogP) is 5.17. The normalized spacial score (nSPS) is 11.4. The second-order valence-corrected chi connectivity index (χ2v) is 7.23. The van der Waals surface area contributed by atoms with Crippen LogP contribution >= 0.6 is 35.0 Å². The van der Waals surface area contributed by atoms with E-state index in [1.54, 1.807) is 65.4 Å². The number of hydrogen-bond acceptors (Lipinski definition) is 5. The summed E-state index contributed by atoms with van der Waals surface area (Å²) < 4.78 is 1.80. The molecule has 3 rings (SSSR count). The molecule has 0 atom stereocenters. The number of benzene rings is 2. The van der Waals surface area contributed by atoms with E-state index in [-0.39, 0.29) is 0 Å². The highest BCUT2D eigenvalue weighted by Gasteiger charge is 2.13. The molecule has 0 N–H and O–H groups in total. The molecule has 0 saturated heterocycles. The van der Waals surface area contributed by atoms with Gasteiger partial charge in [-0.2, -0.15) is 0 Å². The minimum absolute atomic E-state index is 0.333. The average molecular weight is 420 g/mol. The van der Waals surface area contributed by atoms with Gasteiger partial charge in [-0.1, -0.05) is 28.4 Å². The Morgan fingerprint density at radius 1 is 1.22 bits per heavy atom. The van der Waals surface area contributed by atoms with Crippen molar-refractivity contribution >= 4 is 46.6 Å². The predicted molar refractivity (Wildman–Crippen MR) is 109 cm³/mol. The van der Waals surface area contributed by atoms with Crippen LogP contribution in [-0.4, -0.2) is 27.5 Å². The van der Waals surface area contributed by atoms with Crippen LogP contribution in [-0.2, 0) is 11.4 Å². The van der Waals surface area contributed by atoms with Gasteiger partial charge in [0.2, 0.25) is 0 Å². The largest absolute Gasteiger partial charge is 0.365 e. The molecule has 0 amide bonds. The first-order chi connectivity index (χ1) is 13.1. The minimum Gasteiger partial charge on any atom is -0.331 e. The van der Waals surface area contributed by atoms with Crippen LogP contribution in [0, 0.1) is 0 Å². The molecule has 3 aromatic rings. The second kappa shape index (κ2) is 9.08. The zero-order chi connectivity index (χ0) is 19.2. The number of oxime groups is 1. The number of halogens is 2. The van der Waals surface area contributed by atoms with Crippen molar-refractivity contribution in [2.45, 2.75) is 11.4 Å². The summed E-state index contributed by atoms with van der Waals surface area (Å²) in [7, 11) is 0. The molecule has 0 bridgehead atoms. The number of hydrogen-bond donors (Lipinski definition) is 0. The van der Waals surface area contributed by atoms with Crippen LogP contribution in [0.1, 0.15) is 15.9 Å². The molecule has 27 heavy (non-hydrogen) atoms. The molecule has 0 aliphatic rings. The van der Waals surface area contributed by atoms with Crippen LogP contribution in [0.5, 0.6) is 0 Å². The molecule has 5 nitrogen and oxygen atoms in total. The zero-order valence-electron chi connectivity index (χ0n) is 14.3. The van der Waals surface area contributed by atoms with Gasteiger partial charge in [-0.15, -0.1) is 11.8 Å². The Kier molecular flexibility index (Phi) is 6.55. The molecule has 1 heterocycles. The van der Waals surface area contributed by atoms with Crippen LogP contribution in [0.3, 0.4) is 0 Å². The van der Waals surface area contributed by atoms with Crippen LogP contribution in [0.2, 0.25) is 10.0 Å². The lowest BCUT2D eigenvalue weighted by atomic mass is 10.1. The molecule has 138 valence electrons. The lowest BCUT2D eigenvalue weighted by Crippen LogP contribution is -2.13. The number of nitrogens with zero attached hydrogens (tertiary/aromatic N) is 3. The average Bonchev–Trinajstić information content (AvgIpc) is 3.18. The van der Waals surface area contributed by atoms with E-state index in [2.05, 4.69) is 10.1 Å². The molecule has 0 radical (unpaired) electrons. The van der Waals surface area contributed by atoms with E-state index in [4.69, 9.17) is 28.0 Å². The highest BCUT2D eigenvalue weighted by Crippen LogP contribution is 2.23. The van der Waals surface area contributed by atoms with Gasteiger partial charge in [-0.25, -0.2) is 9.78 Å². The van der Waals surface area contributed by atoms with E-state index in [9.17, 15) is 4.79 Å². The molecule has 0 spiro atoms. The van der Waals surface area contributed by atoms with Crippen molar-refractivity contribution in [1.82, 2.24) is 9.55 Å². The van der Waals surface area contributed by atoms with Crippen molar-refractivity contribution in [2.24, 2.45) is 5.16 Å². The Bertz CT molecular complexity index is 958.